The Bertz CT molecular complexity index is 245. The maximum atomic E-state index is 12.0. The quantitative estimate of drug-likeness (QED) is 0.749. The van der Waals surface area contributed by atoms with Crippen LogP contribution in [0.15, 0.2) is 12.5 Å². The highest BCUT2D eigenvalue weighted by Crippen LogP contribution is 2.10. The number of halogens is 2. The Morgan fingerprint density at radius 2 is 2.33 bits per heavy atom. The molecule has 0 bridgehead atoms. The second kappa shape index (κ2) is 3.62. The van der Waals surface area contributed by atoms with Gasteiger partial charge in [-0.3, -0.25) is 4.57 Å². The van der Waals surface area contributed by atoms with Crippen LogP contribution in [0.4, 0.5) is 8.78 Å². The summed E-state index contributed by atoms with van der Waals surface area (Å²) in [5, 5.41) is 0. The van der Waals surface area contributed by atoms with Crippen molar-refractivity contribution in [3.8, 4) is 0 Å². The highest BCUT2D eigenvalue weighted by atomic mass is 19.3. The zero-order valence-electron chi connectivity index (χ0n) is 6.74. The minimum absolute atomic E-state index is 0.0500. The molecule has 0 saturated carbocycles. The van der Waals surface area contributed by atoms with Gasteiger partial charge in [-0.25, -0.2) is 4.98 Å². The molecular formula is C7H11F2N3. The molecule has 12 heavy (non-hydrogen) atoms. The van der Waals surface area contributed by atoms with Gasteiger partial charge in [-0.2, -0.15) is 8.78 Å². The molecule has 1 rings (SSSR count). The first-order chi connectivity index (χ1) is 5.59. The van der Waals surface area contributed by atoms with Crippen molar-refractivity contribution in [3.63, 3.8) is 0 Å². The molecule has 0 radical (unpaired) electrons. The summed E-state index contributed by atoms with van der Waals surface area (Å²) in [5.74, 6) is 0. The third-order valence-electron chi connectivity index (χ3n) is 1.41. The van der Waals surface area contributed by atoms with Crippen molar-refractivity contribution in [3.05, 3.63) is 18.2 Å². The summed E-state index contributed by atoms with van der Waals surface area (Å²) in [6, 6.07) is -0.0500. The van der Waals surface area contributed by atoms with Crippen LogP contribution >= 0.6 is 0 Å². The predicted molar refractivity (Wildman–Crippen MR) is 40.8 cm³/mol. The van der Waals surface area contributed by atoms with E-state index in [-0.39, 0.29) is 6.04 Å². The summed E-state index contributed by atoms with van der Waals surface area (Å²) in [5.41, 5.74) is 6.08. The van der Waals surface area contributed by atoms with Crippen molar-refractivity contribution in [2.45, 2.75) is 25.9 Å². The molecular weight excluding hydrogens is 164 g/mol. The number of imidazole rings is 1. The summed E-state index contributed by atoms with van der Waals surface area (Å²) in [7, 11) is 0. The first kappa shape index (κ1) is 9.12. The van der Waals surface area contributed by atoms with E-state index in [9.17, 15) is 8.78 Å². The fourth-order valence-corrected chi connectivity index (χ4v) is 0.922. The number of hydrogen-bond acceptors (Lipinski definition) is 2. The molecule has 0 spiro atoms. The van der Waals surface area contributed by atoms with Crippen molar-refractivity contribution in [1.82, 2.24) is 9.55 Å². The fraction of sp³-hybridized carbons (Fsp3) is 0.571. The molecule has 1 atom stereocenters. The lowest BCUT2D eigenvalue weighted by molar-refractivity contribution is 0.0700. The maximum absolute atomic E-state index is 12.0. The van der Waals surface area contributed by atoms with E-state index in [0.29, 0.717) is 12.1 Å². The third-order valence-corrected chi connectivity index (χ3v) is 1.41. The Labute approximate surface area is 69.2 Å². The van der Waals surface area contributed by atoms with E-state index in [2.05, 4.69) is 4.98 Å². The zero-order chi connectivity index (χ0) is 9.14. The lowest BCUT2D eigenvalue weighted by atomic mass is 10.2. The average Bonchev–Trinajstić information content (AvgIpc) is 2.34. The van der Waals surface area contributed by atoms with Gasteiger partial charge in [0.15, 0.2) is 0 Å². The smallest absolute Gasteiger partial charge is 0.319 e. The fourth-order valence-electron chi connectivity index (χ4n) is 0.922. The molecule has 1 aromatic heterocycles. The van der Waals surface area contributed by atoms with Gasteiger partial charge in [0.05, 0.1) is 12.0 Å². The summed E-state index contributed by atoms with van der Waals surface area (Å²) in [4.78, 5) is 3.78. The molecule has 0 aliphatic rings. The lowest BCUT2D eigenvalue weighted by Crippen LogP contribution is -2.17. The van der Waals surface area contributed by atoms with Crippen LogP contribution in [-0.4, -0.2) is 15.6 Å². The van der Waals surface area contributed by atoms with Gasteiger partial charge in [-0.1, -0.05) is 0 Å². The highest BCUT2D eigenvalue weighted by Gasteiger charge is 2.07. The van der Waals surface area contributed by atoms with Crippen molar-refractivity contribution < 1.29 is 8.78 Å². The van der Waals surface area contributed by atoms with Gasteiger partial charge in [0, 0.05) is 18.7 Å². The van der Waals surface area contributed by atoms with Crippen molar-refractivity contribution in [2.24, 2.45) is 5.73 Å². The molecule has 0 fully saturated rings. The molecule has 1 unspecified atom stereocenters. The monoisotopic (exact) mass is 175 g/mol. The Morgan fingerprint density at radius 1 is 1.67 bits per heavy atom. The van der Waals surface area contributed by atoms with E-state index in [1.165, 1.54) is 6.20 Å². The van der Waals surface area contributed by atoms with Gasteiger partial charge in [0.1, 0.15) is 0 Å². The normalized spacial score (nSPS) is 13.8. The topological polar surface area (TPSA) is 43.8 Å². The van der Waals surface area contributed by atoms with E-state index in [1.54, 1.807) is 6.92 Å². The minimum atomic E-state index is -2.51. The number of hydrogen-bond donors (Lipinski definition) is 1. The number of aromatic nitrogens is 2. The second-order valence-corrected chi connectivity index (χ2v) is 2.77. The number of rotatable bonds is 3. The lowest BCUT2D eigenvalue weighted by Gasteiger charge is -2.00. The van der Waals surface area contributed by atoms with E-state index < -0.39 is 6.55 Å². The predicted octanol–water partition coefficient (Wildman–Crippen LogP) is 1.17. The Kier molecular flexibility index (Phi) is 2.75. The van der Waals surface area contributed by atoms with Crippen LogP contribution in [0.2, 0.25) is 0 Å². The molecule has 1 heterocycles. The van der Waals surface area contributed by atoms with E-state index >= 15 is 0 Å². The molecule has 5 heteroatoms. The average molecular weight is 175 g/mol. The SMILES string of the molecule is CC(N)Cc1cn(C(F)F)cn1. The molecule has 0 amide bonds. The van der Waals surface area contributed by atoms with Crippen molar-refractivity contribution in [2.75, 3.05) is 0 Å². The Balaban J connectivity index is 2.64. The summed E-state index contributed by atoms with van der Waals surface area (Å²) < 4.78 is 24.8. The van der Waals surface area contributed by atoms with Crippen LogP contribution in [0.3, 0.4) is 0 Å². The van der Waals surface area contributed by atoms with Crippen molar-refractivity contribution in [1.29, 1.82) is 0 Å². The Hall–Kier alpha value is -0.970. The molecule has 3 nitrogen and oxygen atoms in total. The highest BCUT2D eigenvalue weighted by molar-refractivity contribution is 4.98. The molecule has 0 aromatic carbocycles. The third kappa shape index (κ3) is 2.27. The summed E-state index contributed by atoms with van der Waals surface area (Å²) in [6.45, 7) is -0.708. The molecule has 2 N–H and O–H groups in total. The molecule has 0 saturated heterocycles. The summed E-state index contributed by atoms with van der Waals surface area (Å²) in [6.07, 6.45) is 2.95. The number of nitrogens with two attached hydrogens (primary N) is 1. The van der Waals surface area contributed by atoms with E-state index in [4.69, 9.17) is 5.73 Å². The maximum Gasteiger partial charge on any atom is 0.319 e. The van der Waals surface area contributed by atoms with E-state index in [0.717, 1.165) is 10.9 Å². The first-order valence-corrected chi connectivity index (χ1v) is 3.65. The number of nitrogens with zero attached hydrogens (tertiary/aromatic N) is 2. The first-order valence-electron chi connectivity index (χ1n) is 3.65. The van der Waals surface area contributed by atoms with Crippen LogP contribution < -0.4 is 5.73 Å². The molecule has 1 aromatic rings. The van der Waals surface area contributed by atoms with Crippen LogP contribution in [0.1, 0.15) is 19.2 Å². The zero-order valence-corrected chi connectivity index (χ0v) is 6.74. The van der Waals surface area contributed by atoms with Crippen LogP contribution in [0.25, 0.3) is 0 Å². The molecule has 68 valence electrons. The largest absolute Gasteiger partial charge is 0.328 e. The van der Waals surface area contributed by atoms with E-state index in [1.807, 2.05) is 0 Å². The van der Waals surface area contributed by atoms with Crippen LogP contribution in [0, 0.1) is 0 Å². The van der Waals surface area contributed by atoms with Crippen molar-refractivity contribution >= 4 is 0 Å². The standard InChI is InChI=1S/C7H11F2N3/c1-5(10)2-6-3-12(4-11-6)7(8)9/h3-5,7H,2,10H2,1H3. The van der Waals surface area contributed by atoms with Crippen LogP contribution in [0.5, 0.6) is 0 Å². The van der Waals surface area contributed by atoms with Gasteiger partial charge in [0.2, 0.25) is 0 Å². The van der Waals surface area contributed by atoms with Crippen LogP contribution in [-0.2, 0) is 6.42 Å². The van der Waals surface area contributed by atoms with Gasteiger partial charge in [-0.15, -0.1) is 0 Å². The van der Waals surface area contributed by atoms with Gasteiger partial charge in [-0.05, 0) is 6.92 Å². The second-order valence-electron chi connectivity index (χ2n) is 2.77. The number of alkyl halides is 2. The van der Waals surface area contributed by atoms with Gasteiger partial charge >= 0.3 is 6.55 Å². The molecule has 0 aliphatic heterocycles. The Morgan fingerprint density at radius 3 is 2.75 bits per heavy atom. The van der Waals surface area contributed by atoms with Gasteiger partial charge in [0.25, 0.3) is 0 Å². The minimum Gasteiger partial charge on any atom is -0.328 e. The summed E-state index contributed by atoms with van der Waals surface area (Å²) >= 11 is 0. The molecule has 0 aliphatic carbocycles. The van der Waals surface area contributed by atoms with Gasteiger partial charge < -0.3 is 5.73 Å².